The van der Waals surface area contributed by atoms with E-state index in [0.29, 0.717) is 3.57 Å². The number of rotatable bonds is 1. The van der Waals surface area contributed by atoms with E-state index in [9.17, 15) is 8.78 Å². The lowest BCUT2D eigenvalue weighted by Gasteiger charge is -2.01. The summed E-state index contributed by atoms with van der Waals surface area (Å²) in [6, 6.07) is 1.41. The van der Waals surface area contributed by atoms with Crippen LogP contribution in [0.3, 0.4) is 0 Å². The minimum Gasteiger partial charge on any atom is -0.244 e. The lowest BCUT2D eigenvalue weighted by atomic mass is 10.3. The van der Waals surface area contributed by atoms with Crippen molar-refractivity contribution in [2.75, 3.05) is 0 Å². The molecule has 1 heterocycles. The molecular weight excluding hydrogens is 286 g/mol. The highest BCUT2D eigenvalue weighted by Crippen LogP contribution is 2.24. The summed E-state index contributed by atoms with van der Waals surface area (Å²) in [6.45, 7) is 0. The van der Waals surface area contributed by atoms with Gasteiger partial charge in [-0.2, -0.15) is 0 Å². The van der Waals surface area contributed by atoms with Crippen LogP contribution in [0.15, 0.2) is 12.3 Å². The van der Waals surface area contributed by atoms with Crippen LogP contribution in [0.25, 0.3) is 0 Å². The molecule has 0 atom stereocenters. The Bertz CT molecular complexity index is 267. The number of alkyl halides is 2. The van der Waals surface area contributed by atoms with E-state index in [-0.39, 0.29) is 10.7 Å². The average Bonchev–Trinajstić information content (AvgIpc) is 1.85. The Kier molecular flexibility index (Phi) is 3.00. The molecule has 0 saturated heterocycles. The Balaban J connectivity index is 3.09. The molecule has 1 aromatic rings. The summed E-state index contributed by atoms with van der Waals surface area (Å²) < 4.78 is 24.6. The highest BCUT2D eigenvalue weighted by molar-refractivity contribution is 14.1. The Morgan fingerprint density at radius 3 is 2.64 bits per heavy atom. The molecule has 0 aromatic carbocycles. The third-order valence-corrected chi connectivity index (χ3v) is 2.22. The first-order chi connectivity index (χ1) is 5.11. The summed E-state index contributed by atoms with van der Waals surface area (Å²) in [5.41, 5.74) is -0.0741. The van der Waals surface area contributed by atoms with Gasteiger partial charge in [0.25, 0.3) is 6.43 Å². The maximum Gasteiger partial charge on any atom is 0.266 e. The molecule has 0 aliphatic rings. The van der Waals surface area contributed by atoms with Gasteiger partial charge in [0.2, 0.25) is 0 Å². The fourth-order valence-corrected chi connectivity index (χ4v) is 1.59. The third kappa shape index (κ3) is 2.23. The van der Waals surface area contributed by atoms with Crippen molar-refractivity contribution in [1.82, 2.24) is 4.98 Å². The first kappa shape index (κ1) is 9.12. The number of halogens is 4. The molecule has 1 aromatic heterocycles. The predicted molar refractivity (Wildman–Crippen MR) is 46.9 cm³/mol. The normalized spacial score (nSPS) is 10.6. The third-order valence-electron chi connectivity index (χ3n) is 1.08. The van der Waals surface area contributed by atoms with Gasteiger partial charge in [0, 0.05) is 15.3 Å². The topological polar surface area (TPSA) is 12.9 Å². The Hall–Kier alpha value is 0.0300. The maximum absolute atomic E-state index is 12.1. The van der Waals surface area contributed by atoms with E-state index in [1.54, 1.807) is 22.6 Å². The van der Waals surface area contributed by atoms with E-state index in [1.807, 2.05) is 0 Å². The van der Waals surface area contributed by atoms with Gasteiger partial charge >= 0.3 is 0 Å². The molecule has 0 saturated carbocycles. The molecule has 0 aliphatic carbocycles. The lowest BCUT2D eigenvalue weighted by Crippen LogP contribution is -1.90. The monoisotopic (exact) mass is 289 g/mol. The number of nitrogens with zero attached hydrogens (tertiary/aromatic N) is 1. The van der Waals surface area contributed by atoms with Crippen molar-refractivity contribution in [1.29, 1.82) is 0 Å². The van der Waals surface area contributed by atoms with Crippen LogP contribution in [0, 0.1) is 3.57 Å². The van der Waals surface area contributed by atoms with Crippen LogP contribution in [0.2, 0.25) is 5.15 Å². The van der Waals surface area contributed by atoms with Crippen molar-refractivity contribution in [3.05, 3.63) is 26.5 Å². The van der Waals surface area contributed by atoms with Crippen molar-refractivity contribution in [3.8, 4) is 0 Å². The van der Waals surface area contributed by atoms with Crippen LogP contribution >= 0.6 is 34.2 Å². The summed E-state index contributed by atoms with van der Waals surface area (Å²) >= 11 is 7.26. The molecule has 0 bridgehead atoms. The van der Waals surface area contributed by atoms with Crippen molar-refractivity contribution >= 4 is 34.2 Å². The quantitative estimate of drug-likeness (QED) is 0.571. The maximum atomic E-state index is 12.1. The smallest absolute Gasteiger partial charge is 0.244 e. The van der Waals surface area contributed by atoms with Gasteiger partial charge in [0.1, 0.15) is 5.15 Å². The van der Waals surface area contributed by atoms with E-state index < -0.39 is 6.43 Å². The van der Waals surface area contributed by atoms with E-state index in [2.05, 4.69) is 4.98 Å². The zero-order chi connectivity index (χ0) is 8.43. The van der Waals surface area contributed by atoms with Gasteiger partial charge < -0.3 is 0 Å². The van der Waals surface area contributed by atoms with Gasteiger partial charge in [-0.1, -0.05) is 11.6 Å². The van der Waals surface area contributed by atoms with Crippen LogP contribution in [0.1, 0.15) is 12.0 Å². The summed E-state index contributed by atoms with van der Waals surface area (Å²) in [7, 11) is 0. The van der Waals surface area contributed by atoms with Gasteiger partial charge in [-0.05, 0) is 28.7 Å². The average molecular weight is 289 g/mol. The number of hydrogen-bond acceptors (Lipinski definition) is 1. The van der Waals surface area contributed by atoms with Crippen LogP contribution in [-0.4, -0.2) is 4.98 Å². The van der Waals surface area contributed by atoms with Gasteiger partial charge in [-0.25, -0.2) is 13.8 Å². The largest absolute Gasteiger partial charge is 0.266 e. The molecule has 0 spiro atoms. The molecule has 0 amide bonds. The van der Waals surface area contributed by atoms with E-state index in [0.717, 1.165) is 6.20 Å². The van der Waals surface area contributed by atoms with Crippen molar-refractivity contribution in [3.63, 3.8) is 0 Å². The lowest BCUT2D eigenvalue weighted by molar-refractivity contribution is 0.150. The van der Waals surface area contributed by atoms with Crippen molar-refractivity contribution < 1.29 is 8.78 Å². The van der Waals surface area contributed by atoms with Crippen molar-refractivity contribution in [2.45, 2.75) is 6.43 Å². The fourth-order valence-electron chi connectivity index (χ4n) is 0.579. The summed E-state index contributed by atoms with van der Waals surface area (Å²) in [5.74, 6) is 0. The Labute approximate surface area is 80.9 Å². The summed E-state index contributed by atoms with van der Waals surface area (Å²) in [5, 5.41) is 0.235. The molecule has 11 heavy (non-hydrogen) atoms. The minimum atomic E-state index is -2.48. The van der Waals surface area contributed by atoms with Gasteiger partial charge in [-0.3, -0.25) is 0 Å². The second-order valence-corrected chi connectivity index (χ2v) is 3.38. The van der Waals surface area contributed by atoms with E-state index in [1.165, 1.54) is 6.07 Å². The zero-order valence-electron chi connectivity index (χ0n) is 5.19. The first-order valence-electron chi connectivity index (χ1n) is 2.70. The summed E-state index contributed by atoms with van der Waals surface area (Å²) in [4.78, 5) is 3.54. The Morgan fingerprint density at radius 2 is 2.18 bits per heavy atom. The van der Waals surface area contributed by atoms with E-state index in [4.69, 9.17) is 11.6 Å². The molecule has 0 unspecified atom stereocenters. The SMILES string of the molecule is FC(F)c1cnc(Cl)cc1I. The second-order valence-electron chi connectivity index (χ2n) is 1.83. The second kappa shape index (κ2) is 3.62. The molecule has 5 heteroatoms. The molecule has 1 rings (SSSR count). The van der Waals surface area contributed by atoms with Crippen LogP contribution < -0.4 is 0 Å². The molecule has 0 fully saturated rings. The van der Waals surface area contributed by atoms with Gasteiger partial charge in [0.05, 0.1) is 0 Å². The number of pyridine rings is 1. The van der Waals surface area contributed by atoms with Crippen LogP contribution in [0.4, 0.5) is 8.78 Å². The predicted octanol–water partition coefficient (Wildman–Crippen LogP) is 3.28. The van der Waals surface area contributed by atoms with Crippen LogP contribution in [0.5, 0.6) is 0 Å². The zero-order valence-corrected chi connectivity index (χ0v) is 8.10. The van der Waals surface area contributed by atoms with Crippen molar-refractivity contribution in [2.24, 2.45) is 0 Å². The number of aromatic nitrogens is 1. The molecule has 0 aliphatic heterocycles. The first-order valence-corrected chi connectivity index (χ1v) is 4.16. The van der Waals surface area contributed by atoms with E-state index >= 15 is 0 Å². The van der Waals surface area contributed by atoms with Gasteiger partial charge in [0.15, 0.2) is 0 Å². The molecular formula is C6H3ClF2IN. The highest BCUT2D eigenvalue weighted by atomic mass is 127. The minimum absolute atomic E-state index is 0.0741. The standard InChI is InChI=1S/C6H3ClF2IN/c7-5-1-4(10)3(2-11-5)6(8)9/h1-2,6H. The van der Waals surface area contributed by atoms with Crippen LogP contribution in [-0.2, 0) is 0 Å². The highest BCUT2D eigenvalue weighted by Gasteiger charge is 2.11. The fraction of sp³-hybridized carbons (Fsp3) is 0.167. The number of hydrogen-bond donors (Lipinski definition) is 0. The Morgan fingerprint density at radius 1 is 1.55 bits per heavy atom. The molecule has 0 N–H and O–H groups in total. The van der Waals surface area contributed by atoms with Gasteiger partial charge in [-0.15, -0.1) is 0 Å². The summed E-state index contributed by atoms with van der Waals surface area (Å²) in [6.07, 6.45) is -1.39. The molecule has 60 valence electrons. The molecule has 1 nitrogen and oxygen atoms in total. The molecule has 0 radical (unpaired) electrons.